The first-order valence-corrected chi connectivity index (χ1v) is 6.48. The predicted octanol–water partition coefficient (Wildman–Crippen LogP) is 1.81. The largest absolute Gasteiger partial charge is 0.343 e. The average molecular weight is 326 g/mol. The molecule has 0 bridgehead atoms. The van der Waals surface area contributed by atoms with Gasteiger partial charge in [0, 0.05) is 10.0 Å². The van der Waals surface area contributed by atoms with Gasteiger partial charge < -0.3 is 5.32 Å². The van der Waals surface area contributed by atoms with Gasteiger partial charge in [0.05, 0.1) is 6.21 Å². The molecule has 2 N–H and O–H groups in total. The van der Waals surface area contributed by atoms with Crippen molar-refractivity contribution < 1.29 is 9.59 Å². The van der Waals surface area contributed by atoms with E-state index in [-0.39, 0.29) is 0 Å². The van der Waals surface area contributed by atoms with Gasteiger partial charge in [0.1, 0.15) is 0 Å². The molecule has 102 valence electrons. The number of rotatable bonds is 2. The number of carbonyl (C=O) groups excluding carboxylic acids is 2. The molecule has 1 rings (SSSR count). The smallest absolute Gasteiger partial charge is 0.329 e. The quantitative estimate of drug-likeness (QED) is 0.494. The van der Waals surface area contributed by atoms with Crippen LogP contribution in [0.5, 0.6) is 0 Å². The van der Waals surface area contributed by atoms with Crippen LogP contribution in [0.15, 0.2) is 33.8 Å². The standard InChI is InChI=1S/C13H16BrN3O2/c1-13(2,3)16-11(18)12(19)17-15-8-9-5-4-6-10(14)7-9/h4-8H,1-3H3,(H,16,18)(H,17,19). The van der Waals surface area contributed by atoms with Crippen LogP contribution in [0.4, 0.5) is 0 Å². The van der Waals surface area contributed by atoms with E-state index in [0.29, 0.717) is 0 Å². The first kappa shape index (κ1) is 15.4. The Labute approximate surface area is 120 Å². The molecule has 0 heterocycles. The molecular formula is C13H16BrN3O2. The summed E-state index contributed by atoms with van der Waals surface area (Å²) in [5, 5.41) is 6.27. The van der Waals surface area contributed by atoms with E-state index in [0.717, 1.165) is 10.0 Å². The van der Waals surface area contributed by atoms with E-state index in [1.165, 1.54) is 6.21 Å². The zero-order chi connectivity index (χ0) is 14.5. The molecule has 5 nitrogen and oxygen atoms in total. The number of hydrogen-bond donors (Lipinski definition) is 2. The lowest BCUT2D eigenvalue weighted by molar-refractivity contribution is -0.140. The molecule has 0 radical (unpaired) electrons. The lowest BCUT2D eigenvalue weighted by Crippen LogP contribution is -2.47. The van der Waals surface area contributed by atoms with Gasteiger partial charge in [-0.15, -0.1) is 0 Å². The summed E-state index contributed by atoms with van der Waals surface area (Å²) in [5.74, 6) is -1.50. The number of nitrogens with zero attached hydrogens (tertiary/aromatic N) is 1. The molecule has 0 atom stereocenters. The van der Waals surface area contributed by atoms with E-state index in [1.54, 1.807) is 20.8 Å². The fraction of sp³-hybridized carbons (Fsp3) is 0.308. The zero-order valence-corrected chi connectivity index (χ0v) is 12.6. The second-order valence-corrected chi connectivity index (χ2v) is 5.87. The third-order valence-electron chi connectivity index (χ3n) is 1.92. The van der Waals surface area contributed by atoms with Crippen molar-refractivity contribution >= 4 is 34.0 Å². The summed E-state index contributed by atoms with van der Waals surface area (Å²) >= 11 is 3.33. The highest BCUT2D eigenvalue weighted by molar-refractivity contribution is 9.10. The first-order valence-electron chi connectivity index (χ1n) is 5.69. The third kappa shape index (κ3) is 6.15. The molecule has 0 spiro atoms. The van der Waals surface area contributed by atoms with Crippen LogP contribution in [0.1, 0.15) is 26.3 Å². The molecular weight excluding hydrogens is 310 g/mol. The van der Waals surface area contributed by atoms with E-state index < -0.39 is 17.4 Å². The molecule has 0 aromatic heterocycles. The van der Waals surface area contributed by atoms with E-state index in [2.05, 4.69) is 31.8 Å². The van der Waals surface area contributed by atoms with Crippen molar-refractivity contribution in [3.63, 3.8) is 0 Å². The molecule has 2 amide bonds. The van der Waals surface area contributed by atoms with Gasteiger partial charge in [0.25, 0.3) is 0 Å². The number of hydrogen-bond acceptors (Lipinski definition) is 3. The van der Waals surface area contributed by atoms with E-state index >= 15 is 0 Å². The third-order valence-corrected chi connectivity index (χ3v) is 2.42. The van der Waals surface area contributed by atoms with Crippen LogP contribution in [0.2, 0.25) is 0 Å². The van der Waals surface area contributed by atoms with Crippen LogP contribution >= 0.6 is 15.9 Å². The lowest BCUT2D eigenvalue weighted by atomic mass is 10.1. The number of carbonyl (C=O) groups is 2. The summed E-state index contributed by atoms with van der Waals surface area (Å²) in [6, 6.07) is 7.40. The maximum Gasteiger partial charge on any atom is 0.329 e. The number of benzene rings is 1. The second kappa shape index (κ2) is 6.47. The van der Waals surface area contributed by atoms with Crippen molar-refractivity contribution in [3.8, 4) is 0 Å². The highest BCUT2D eigenvalue weighted by Crippen LogP contribution is 2.09. The van der Waals surface area contributed by atoms with Crippen molar-refractivity contribution in [1.29, 1.82) is 0 Å². The Morgan fingerprint density at radius 1 is 1.26 bits per heavy atom. The highest BCUT2D eigenvalue weighted by atomic mass is 79.9. The number of hydrazone groups is 1. The summed E-state index contributed by atoms with van der Waals surface area (Å²) in [6.45, 7) is 5.38. The molecule has 1 aromatic rings. The molecule has 1 aromatic carbocycles. The lowest BCUT2D eigenvalue weighted by Gasteiger charge is -2.19. The van der Waals surface area contributed by atoms with Crippen LogP contribution in [0.25, 0.3) is 0 Å². The van der Waals surface area contributed by atoms with Crippen LogP contribution in [0, 0.1) is 0 Å². The fourth-order valence-electron chi connectivity index (χ4n) is 1.20. The first-order chi connectivity index (χ1) is 8.78. The van der Waals surface area contributed by atoms with Crippen molar-refractivity contribution in [1.82, 2.24) is 10.7 Å². The van der Waals surface area contributed by atoms with Crippen LogP contribution in [0.3, 0.4) is 0 Å². The molecule has 0 fully saturated rings. The molecule has 0 aliphatic carbocycles. The molecule has 0 aliphatic heterocycles. The van der Waals surface area contributed by atoms with Crippen LogP contribution in [-0.2, 0) is 9.59 Å². The van der Waals surface area contributed by atoms with Gasteiger partial charge >= 0.3 is 11.8 Å². The molecule has 19 heavy (non-hydrogen) atoms. The summed E-state index contributed by atoms with van der Waals surface area (Å²) in [4.78, 5) is 22.9. The molecule has 0 saturated heterocycles. The predicted molar refractivity (Wildman–Crippen MR) is 77.8 cm³/mol. The summed E-state index contributed by atoms with van der Waals surface area (Å²) in [6.07, 6.45) is 1.47. The summed E-state index contributed by atoms with van der Waals surface area (Å²) in [5.41, 5.74) is 2.53. The van der Waals surface area contributed by atoms with Gasteiger partial charge in [-0.1, -0.05) is 28.1 Å². The van der Waals surface area contributed by atoms with Gasteiger partial charge in [0.15, 0.2) is 0 Å². The van der Waals surface area contributed by atoms with Crippen molar-refractivity contribution in [2.24, 2.45) is 5.10 Å². The second-order valence-electron chi connectivity index (χ2n) is 4.96. The summed E-state index contributed by atoms with van der Waals surface area (Å²) in [7, 11) is 0. The molecule has 0 saturated carbocycles. The van der Waals surface area contributed by atoms with E-state index in [1.807, 2.05) is 24.3 Å². The number of halogens is 1. The van der Waals surface area contributed by atoms with Crippen LogP contribution in [-0.4, -0.2) is 23.6 Å². The van der Waals surface area contributed by atoms with Gasteiger partial charge in [-0.3, -0.25) is 9.59 Å². The van der Waals surface area contributed by atoms with Crippen molar-refractivity contribution in [2.45, 2.75) is 26.3 Å². The maximum absolute atomic E-state index is 11.5. The Bertz CT molecular complexity index is 507. The van der Waals surface area contributed by atoms with E-state index in [4.69, 9.17) is 0 Å². The minimum atomic E-state index is -0.791. The Morgan fingerprint density at radius 3 is 2.53 bits per heavy atom. The minimum Gasteiger partial charge on any atom is -0.343 e. The maximum atomic E-state index is 11.5. The average Bonchev–Trinajstić information content (AvgIpc) is 2.26. The fourth-order valence-corrected chi connectivity index (χ4v) is 1.62. The monoisotopic (exact) mass is 325 g/mol. The minimum absolute atomic E-state index is 0.456. The number of amides is 2. The van der Waals surface area contributed by atoms with Crippen LogP contribution < -0.4 is 10.7 Å². The van der Waals surface area contributed by atoms with E-state index in [9.17, 15) is 9.59 Å². The molecule has 0 aliphatic rings. The highest BCUT2D eigenvalue weighted by Gasteiger charge is 2.19. The Morgan fingerprint density at radius 2 is 1.95 bits per heavy atom. The van der Waals surface area contributed by atoms with Crippen molar-refractivity contribution in [3.05, 3.63) is 34.3 Å². The van der Waals surface area contributed by atoms with Gasteiger partial charge in [-0.25, -0.2) is 5.43 Å². The van der Waals surface area contributed by atoms with Gasteiger partial charge in [-0.2, -0.15) is 5.10 Å². The topological polar surface area (TPSA) is 70.6 Å². The Hall–Kier alpha value is -1.69. The SMILES string of the molecule is CC(C)(C)NC(=O)C(=O)NN=Cc1cccc(Br)c1. The zero-order valence-electron chi connectivity index (χ0n) is 11.0. The Balaban J connectivity index is 2.53. The Kier molecular flexibility index (Phi) is 5.23. The molecule has 0 unspecified atom stereocenters. The normalized spacial score (nSPS) is 11.4. The van der Waals surface area contributed by atoms with Gasteiger partial charge in [0.2, 0.25) is 0 Å². The summed E-state index contributed by atoms with van der Waals surface area (Å²) < 4.78 is 0.910. The molecule has 6 heteroatoms. The van der Waals surface area contributed by atoms with Gasteiger partial charge in [-0.05, 0) is 38.5 Å². The number of nitrogens with one attached hydrogen (secondary N) is 2. The van der Waals surface area contributed by atoms with Crippen molar-refractivity contribution in [2.75, 3.05) is 0 Å².